The van der Waals surface area contributed by atoms with E-state index in [0.717, 1.165) is 0 Å². The maximum Gasteiger partial charge on any atom is 0.103 e. The third-order valence-corrected chi connectivity index (χ3v) is 4.44. The molecule has 0 amide bonds. The molecule has 0 saturated carbocycles. The molecule has 0 aromatic heterocycles. The molecule has 0 heterocycles. The van der Waals surface area contributed by atoms with E-state index in [0.29, 0.717) is 0 Å². The van der Waals surface area contributed by atoms with Crippen LogP contribution in [0.5, 0.6) is 0 Å². The van der Waals surface area contributed by atoms with E-state index < -0.39 is 12.5 Å². The molecular formula is C22H49NO2. The fraction of sp³-hybridized carbons (Fsp3) is 1.00. The first-order chi connectivity index (χ1) is 12.0. The largest absolute Gasteiger partial charge is 0.379 e. The van der Waals surface area contributed by atoms with Gasteiger partial charge in [-0.15, -0.1) is 0 Å². The van der Waals surface area contributed by atoms with Crippen LogP contribution >= 0.6 is 0 Å². The Morgan fingerprint density at radius 1 is 0.480 bits per heavy atom. The fourth-order valence-corrected chi connectivity index (χ4v) is 2.97. The van der Waals surface area contributed by atoms with Crippen molar-refractivity contribution in [2.75, 3.05) is 0 Å². The molecule has 3 nitrogen and oxygen atoms in total. The zero-order valence-corrected chi connectivity index (χ0v) is 17.9. The Balaban J connectivity index is 0. The first-order valence-corrected chi connectivity index (χ1v) is 11.2. The molecule has 0 aliphatic rings. The van der Waals surface area contributed by atoms with Crippen molar-refractivity contribution in [3.8, 4) is 0 Å². The van der Waals surface area contributed by atoms with Crippen molar-refractivity contribution < 1.29 is 10.2 Å². The minimum atomic E-state index is -0.625. The summed E-state index contributed by atoms with van der Waals surface area (Å²) in [6, 6.07) is 0. The first kappa shape index (κ1) is 27.1. The van der Waals surface area contributed by atoms with E-state index in [9.17, 15) is 0 Å². The topological polar surface area (TPSA) is 52.5 Å². The Labute approximate surface area is 159 Å². The van der Waals surface area contributed by atoms with Crippen molar-refractivity contribution in [2.24, 2.45) is 0 Å². The molecule has 154 valence electrons. The van der Waals surface area contributed by atoms with Crippen LogP contribution in [0.3, 0.4) is 0 Å². The molecule has 0 aliphatic carbocycles. The van der Waals surface area contributed by atoms with E-state index in [1.54, 1.807) is 13.8 Å². The Kier molecular flexibility index (Phi) is 25.9. The van der Waals surface area contributed by atoms with Crippen LogP contribution in [0.4, 0.5) is 0 Å². The summed E-state index contributed by atoms with van der Waals surface area (Å²) in [5.74, 6) is 0. The average molecular weight is 360 g/mol. The van der Waals surface area contributed by atoms with E-state index in [-0.39, 0.29) is 0 Å². The van der Waals surface area contributed by atoms with Crippen LogP contribution in [0.15, 0.2) is 0 Å². The third kappa shape index (κ3) is 32.1. The summed E-state index contributed by atoms with van der Waals surface area (Å²) in [4.78, 5) is 0. The monoisotopic (exact) mass is 359 g/mol. The number of hydrogen-bond donors (Lipinski definition) is 3. The smallest absolute Gasteiger partial charge is 0.103 e. The van der Waals surface area contributed by atoms with Crippen molar-refractivity contribution in [2.45, 2.75) is 143 Å². The van der Waals surface area contributed by atoms with Crippen molar-refractivity contribution in [1.29, 1.82) is 0 Å². The maximum absolute atomic E-state index is 8.45. The summed E-state index contributed by atoms with van der Waals surface area (Å²) in [6.45, 7) is 7.68. The lowest BCUT2D eigenvalue weighted by atomic mass is 10.0. The van der Waals surface area contributed by atoms with Gasteiger partial charge in [0.2, 0.25) is 0 Å². The van der Waals surface area contributed by atoms with Gasteiger partial charge in [-0.1, -0.05) is 117 Å². The number of unbranched alkanes of at least 4 members (excludes halogenated alkanes) is 15. The molecule has 0 spiro atoms. The lowest BCUT2D eigenvalue weighted by molar-refractivity contribution is 0.0632. The van der Waals surface area contributed by atoms with Crippen LogP contribution in [0.25, 0.3) is 0 Å². The normalized spacial score (nSPS) is 13.2. The Hall–Kier alpha value is -0.120. The standard InChI is InChI=1S/C18H38.C4H11NO2/c1-3-5-7-9-11-13-15-17-18-16-14-12-10-8-6-4-2;1-3(6)5-4(2)7/h3-18H2,1-2H3;3-7H,1-2H3. The van der Waals surface area contributed by atoms with Crippen LogP contribution in [0, 0.1) is 0 Å². The number of aliphatic hydroxyl groups is 2. The van der Waals surface area contributed by atoms with Crippen LogP contribution in [0.2, 0.25) is 0 Å². The van der Waals surface area contributed by atoms with Gasteiger partial charge in [0.05, 0.1) is 0 Å². The predicted octanol–water partition coefficient (Wildman–Crippen LogP) is 6.52. The van der Waals surface area contributed by atoms with Crippen molar-refractivity contribution in [3.63, 3.8) is 0 Å². The van der Waals surface area contributed by atoms with Gasteiger partial charge in [0.1, 0.15) is 12.5 Å². The first-order valence-electron chi connectivity index (χ1n) is 11.2. The molecule has 0 bridgehead atoms. The highest BCUT2D eigenvalue weighted by atomic mass is 16.3. The minimum Gasteiger partial charge on any atom is -0.379 e. The van der Waals surface area contributed by atoms with Gasteiger partial charge in [0.25, 0.3) is 0 Å². The van der Waals surface area contributed by atoms with Crippen molar-refractivity contribution in [3.05, 3.63) is 0 Å². The lowest BCUT2D eigenvalue weighted by Crippen LogP contribution is -2.33. The van der Waals surface area contributed by atoms with Crippen LogP contribution < -0.4 is 5.32 Å². The highest BCUT2D eigenvalue weighted by Gasteiger charge is 1.95. The van der Waals surface area contributed by atoms with Gasteiger partial charge < -0.3 is 10.2 Å². The van der Waals surface area contributed by atoms with Crippen molar-refractivity contribution in [1.82, 2.24) is 5.32 Å². The number of hydrogen-bond acceptors (Lipinski definition) is 3. The molecule has 3 N–H and O–H groups in total. The van der Waals surface area contributed by atoms with E-state index >= 15 is 0 Å². The molecule has 0 fully saturated rings. The Bertz CT molecular complexity index is 198. The molecule has 25 heavy (non-hydrogen) atoms. The van der Waals surface area contributed by atoms with Crippen LogP contribution in [-0.4, -0.2) is 22.7 Å². The molecule has 0 aliphatic heterocycles. The molecule has 0 aromatic carbocycles. The van der Waals surface area contributed by atoms with Gasteiger partial charge in [-0.2, -0.15) is 0 Å². The molecule has 0 saturated heterocycles. The fourth-order valence-electron chi connectivity index (χ4n) is 2.97. The number of aliphatic hydroxyl groups excluding tert-OH is 2. The number of rotatable bonds is 17. The lowest BCUT2D eigenvalue weighted by Gasteiger charge is -2.08. The summed E-state index contributed by atoms with van der Waals surface area (Å²) in [5.41, 5.74) is 0. The molecule has 0 aromatic rings. The second kappa shape index (κ2) is 23.9. The summed E-state index contributed by atoms with van der Waals surface area (Å²) < 4.78 is 0. The van der Waals surface area contributed by atoms with Gasteiger partial charge in [0.15, 0.2) is 0 Å². The number of nitrogens with one attached hydrogen (secondary N) is 1. The quantitative estimate of drug-likeness (QED) is 0.205. The molecule has 0 radical (unpaired) electrons. The molecule has 2 unspecified atom stereocenters. The highest BCUT2D eigenvalue weighted by molar-refractivity contribution is 4.49. The second-order valence-electron chi connectivity index (χ2n) is 7.47. The Morgan fingerprint density at radius 2 is 0.680 bits per heavy atom. The maximum atomic E-state index is 8.45. The molecule has 2 atom stereocenters. The van der Waals surface area contributed by atoms with Crippen molar-refractivity contribution >= 4 is 0 Å². The van der Waals surface area contributed by atoms with Crippen LogP contribution in [-0.2, 0) is 0 Å². The average Bonchev–Trinajstić information content (AvgIpc) is 2.54. The SMILES string of the molecule is CC(O)NC(C)O.CCCCCCCCCCCCCCCCCC. The van der Waals surface area contributed by atoms with Crippen LogP contribution in [0.1, 0.15) is 130 Å². The van der Waals surface area contributed by atoms with Gasteiger partial charge >= 0.3 is 0 Å². The zero-order valence-electron chi connectivity index (χ0n) is 17.9. The van der Waals surface area contributed by atoms with E-state index in [4.69, 9.17) is 10.2 Å². The summed E-state index contributed by atoms with van der Waals surface area (Å²) in [5, 5.41) is 19.3. The predicted molar refractivity (Wildman–Crippen MR) is 112 cm³/mol. The third-order valence-electron chi connectivity index (χ3n) is 4.44. The Morgan fingerprint density at radius 3 is 0.800 bits per heavy atom. The molecular weight excluding hydrogens is 310 g/mol. The molecule has 3 heteroatoms. The zero-order chi connectivity index (χ0) is 19.2. The highest BCUT2D eigenvalue weighted by Crippen LogP contribution is 2.13. The van der Waals surface area contributed by atoms with Gasteiger partial charge in [-0.25, -0.2) is 0 Å². The summed E-state index contributed by atoms with van der Waals surface area (Å²) >= 11 is 0. The van der Waals surface area contributed by atoms with Gasteiger partial charge in [0, 0.05) is 0 Å². The summed E-state index contributed by atoms with van der Waals surface area (Å²) in [6.07, 6.45) is 22.2. The van der Waals surface area contributed by atoms with Gasteiger partial charge in [-0.3, -0.25) is 5.32 Å². The van der Waals surface area contributed by atoms with E-state index in [1.807, 2.05) is 0 Å². The second-order valence-corrected chi connectivity index (χ2v) is 7.47. The molecule has 0 rings (SSSR count). The summed E-state index contributed by atoms with van der Waals surface area (Å²) in [7, 11) is 0. The van der Waals surface area contributed by atoms with E-state index in [2.05, 4.69) is 19.2 Å². The minimum absolute atomic E-state index is 0.625. The van der Waals surface area contributed by atoms with E-state index in [1.165, 1.54) is 103 Å². The van der Waals surface area contributed by atoms with Gasteiger partial charge in [-0.05, 0) is 13.8 Å².